The number of nitriles is 1. The number of carbonyl (C=O) groups excluding carboxylic acids is 2. The molecule has 1 saturated heterocycles. The molecule has 0 unspecified atom stereocenters. The van der Waals surface area contributed by atoms with Crippen molar-refractivity contribution in [2.24, 2.45) is 0 Å². The largest absolute Gasteiger partial charge is 0.494 e. The SMILES string of the molecule is Cc1c(C(=O)CCN2C(=O)/C(=C/c3ccc(F)cc3)SC2=S)c(O)n(CCc2ccccc2)c(=O)c1C#N. The van der Waals surface area contributed by atoms with Crippen molar-refractivity contribution in [3.63, 3.8) is 0 Å². The van der Waals surface area contributed by atoms with E-state index >= 15 is 0 Å². The number of aryl methyl sites for hydroxylation is 1. The highest BCUT2D eigenvalue weighted by Gasteiger charge is 2.33. The molecule has 0 aliphatic carbocycles. The Balaban J connectivity index is 1.54. The number of aromatic nitrogens is 1. The minimum Gasteiger partial charge on any atom is -0.494 e. The van der Waals surface area contributed by atoms with Gasteiger partial charge in [0.05, 0.1) is 10.5 Å². The first-order chi connectivity index (χ1) is 18.2. The summed E-state index contributed by atoms with van der Waals surface area (Å²) in [4.78, 5) is 40.7. The van der Waals surface area contributed by atoms with Crippen LogP contribution in [0.4, 0.5) is 4.39 Å². The number of halogens is 1. The van der Waals surface area contributed by atoms with Crippen molar-refractivity contribution in [2.45, 2.75) is 26.3 Å². The summed E-state index contributed by atoms with van der Waals surface area (Å²) >= 11 is 6.40. The lowest BCUT2D eigenvalue weighted by atomic mass is 9.99. The number of pyridine rings is 1. The molecule has 0 atom stereocenters. The first-order valence-corrected chi connectivity index (χ1v) is 12.9. The molecule has 4 rings (SSSR count). The van der Waals surface area contributed by atoms with Gasteiger partial charge in [-0.2, -0.15) is 5.26 Å². The maximum atomic E-state index is 13.2. The number of rotatable bonds is 8. The molecule has 7 nitrogen and oxygen atoms in total. The second kappa shape index (κ2) is 11.5. The van der Waals surface area contributed by atoms with Crippen molar-refractivity contribution >= 4 is 46.1 Å². The summed E-state index contributed by atoms with van der Waals surface area (Å²) in [6.07, 6.45) is 1.82. The number of Topliss-reactive ketones (excluding diaryl/α,β-unsaturated/α-hetero) is 1. The van der Waals surface area contributed by atoms with Gasteiger partial charge in [0.1, 0.15) is 21.8 Å². The van der Waals surface area contributed by atoms with Gasteiger partial charge in [0, 0.05) is 19.5 Å². The van der Waals surface area contributed by atoms with Crippen molar-refractivity contribution in [1.29, 1.82) is 5.26 Å². The third kappa shape index (κ3) is 5.59. The van der Waals surface area contributed by atoms with Gasteiger partial charge in [0.15, 0.2) is 5.78 Å². The lowest BCUT2D eigenvalue weighted by Gasteiger charge is -2.17. The number of ketones is 1. The summed E-state index contributed by atoms with van der Waals surface area (Å²) in [6, 6.07) is 16.8. The third-order valence-electron chi connectivity index (χ3n) is 6.15. The van der Waals surface area contributed by atoms with Gasteiger partial charge in [-0.05, 0) is 48.2 Å². The van der Waals surface area contributed by atoms with Crippen LogP contribution in [0.2, 0.25) is 0 Å². The highest BCUT2D eigenvalue weighted by Crippen LogP contribution is 2.33. The topological polar surface area (TPSA) is 103 Å². The van der Waals surface area contributed by atoms with Gasteiger partial charge in [0.2, 0.25) is 5.88 Å². The monoisotopic (exact) mass is 547 g/mol. The summed E-state index contributed by atoms with van der Waals surface area (Å²) < 4.78 is 14.5. The van der Waals surface area contributed by atoms with E-state index in [0.717, 1.165) is 21.9 Å². The van der Waals surface area contributed by atoms with E-state index in [-0.39, 0.29) is 46.4 Å². The van der Waals surface area contributed by atoms with E-state index in [1.807, 2.05) is 36.4 Å². The summed E-state index contributed by atoms with van der Waals surface area (Å²) in [7, 11) is 0. The molecule has 0 spiro atoms. The number of carbonyl (C=O) groups is 2. The van der Waals surface area contributed by atoms with E-state index < -0.39 is 23.0 Å². The van der Waals surface area contributed by atoms with Gasteiger partial charge in [0.25, 0.3) is 11.5 Å². The molecule has 38 heavy (non-hydrogen) atoms. The molecule has 2 aromatic carbocycles. The molecule has 192 valence electrons. The van der Waals surface area contributed by atoms with Crippen LogP contribution in [0.5, 0.6) is 5.88 Å². The molecule has 0 bridgehead atoms. The Bertz CT molecular complexity index is 1560. The molecular weight excluding hydrogens is 525 g/mol. The molecule has 1 N–H and O–H groups in total. The van der Waals surface area contributed by atoms with E-state index in [2.05, 4.69) is 0 Å². The highest BCUT2D eigenvalue weighted by molar-refractivity contribution is 8.26. The predicted molar refractivity (Wildman–Crippen MR) is 147 cm³/mol. The minimum atomic E-state index is -0.669. The van der Waals surface area contributed by atoms with Crippen molar-refractivity contribution in [3.05, 3.63) is 103 Å². The molecule has 1 fully saturated rings. The summed E-state index contributed by atoms with van der Waals surface area (Å²) in [6.45, 7) is 1.47. The van der Waals surface area contributed by atoms with Crippen LogP contribution >= 0.6 is 24.0 Å². The van der Waals surface area contributed by atoms with Gasteiger partial charge < -0.3 is 5.11 Å². The Morgan fingerprint density at radius 3 is 2.47 bits per heavy atom. The molecule has 10 heteroatoms. The van der Waals surface area contributed by atoms with Gasteiger partial charge >= 0.3 is 0 Å². The smallest absolute Gasteiger partial charge is 0.271 e. The van der Waals surface area contributed by atoms with Crippen LogP contribution in [-0.2, 0) is 17.8 Å². The number of thioether (sulfide) groups is 1. The molecule has 2 heterocycles. The number of aromatic hydroxyl groups is 1. The Morgan fingerprint density at radius 2 is 1.82 bits per heavy atom. The number of nitrogens with zero attached hydrogens (tertiary/aromatic N) is 3. The molecule has 1 amide bonds. The van der Waals surface area contributed by atoms with E-state index in [0.29, 0.717) is 16.9 Å². The average Bonchev–Trinajstić information content (AvgIpc) is 3.16. The second-order valence-corrected chi connectivity index (χ2v) is 10.2. The highest BCUT2D eigenvalue weighted by atomic mass is 32.2. The molecule has 1 aliphatic heterocycles. The fraction of sp³-hybridized carbons (Fsp3) is 0.179. The van der Waals surface area contributed by atoms with Gasteiger partial charge in [-0.25, -0.2) is 4.39 Å². The van der Waals surface area contributed by atoms with Crippen LogP contribution in [0.3, 0.4) is 0 Å². The number of benzene rings is 2. The fourth-order valence-corrected chi connectivity index (χ4v) is 5.43. The zero-order valence-corrected chi connectivity index (χ0v) is 21.9. The second-order valence-electron chi connectivity index (χ2n) is 8.56. The lowest BCUT2D eigenvalue weighted by molar-refractivity contribution is -0.122. The number of hydrogen-bond donors (Lipinski definition) is 1. The van der Waals surface area contributed by atoms with Crippen molar-refractivity contribution in [2.75, 3.05) is 6.54 Å². The van der Waals surface area contributed by atoms with Crippen LogP contribution in [0.25, 0.3) is 6.08 Å². The van der Waals surface area contributed by atoms with E-state index in [1.54, 1.807) is 6.08 Å². The average molecular weight is 548 g/mol. The Hall–Kier alpha value is -4.07. The Morgan fingerprint density at radius 1 is 1.13 bits per heavy atom. The lowest BCUT2D eigenvalue weighted by Crippen LogP contribution is -2.31. The van der Waals surface area contributed by atoms with Crippen molar-refractivity contribution in [1.82, 2.24) is 9.47 Å². The first kappa shape index (κ1) is 27.0. The Kier molecular flexibility index (Phi) is 8.20. The van der Waals surface area contributed by atoms with E-state index in [4.69, 9.17) is 12.2 Å². The van der Waals surface area contributed by atoms with Gasteiger partial charge in [-0.1, -0.05) is 66.4 Å². The van der Waals surface area contributed by atoms with Crippen LogP contribution in [0, 0.1) is 24.1 Å². The normalized spacial score (nSPS) is 14.2. The summed E-state index contributed by atoms with van der Waals surface area (Å²) in [5, 5.41) is 20.5. The molecule has 0 saturated carbocycles. The molecule has 3 aromatic rings. The molecule has 1 aromatic heterocycles. The number of hydrogen-bond acceptors (Lipinski definition) is 7. The van der Waals surface area contributed by atoms with Gasteiger partial charge in [-0.15, -0.1) is 0 Å². The molecular formula is C28H22FN3O4S2. The van der Waals surface area contributed by atoms with Crippen molar-refractivity contribution < 1.29 is 19.1 Å². The van der Waals surface area contributed by atoms with Crippen LogP contribution in [-0.4, -0.2) is 37.1 Å². The first-order valence-electron chi connectivity index (χ1n) is 11.7. The summed E-state index contributed by atoms with van der Waals surface area (Å²) in [5.41, 5.74) is 0.642. The quantitative estimate of drug-likeness (QED) is 0.250. The zero-order chi connectivity index (χ0) is 27.4. The third-order valence-corrected chi connectivity index (χ3v) is 7.53. The standard InChI is InChI=1S/C28H22FN3O4S2/c1-17-21(16-30)25(34)31(13-11-18-5-3-2-4-6-18)27(36)24(17)22(33)12-14-32-26(35)23(38-28(32)37)15-19-7-9-20(29)10-8-19/h2-10,15,36H,11-14H2,1H3/b23-15-. The van der Waals surface area contributed by atoms with E-state index in [1.165, 1.54) is 36.1 Å². The maximum Gasteiger partial charge on any atom is 0.271 e. The van der Waals surface area contributed by atoms with Gasteiger partial charge in [-0.3, -0.25) is 23.9 Å². The molecule has 0 radical (unpaired) electrons. The van der Waals surface area contributed by atoms with Crippen molar-refractivity contribution in [3.8, 4) is 11.9 Å². The zero-order valence-electron chi connectivity index (χ0n) is 20.3. The fourth-order valence-electron chi connectivity index (χ4n) is 4.12. The number of thiocarbonyl (C=S) groups is 1. The van der Waals surface area contributed by atoms with E-state index in [9.17, 15) is 29.1 Å². The molecule has 1 aliphatic rings. The minimum absolute atomic E-state index is 0.0475. The van der Waals surface area contributed by atoms with Crippen LogP contribution < -0.4 is 5.56 Å². The predicted octanol–water partition coefficient (Wildman–Crippen LogP) is 4.59. The number of amides is 1. The van der Waals surface area contributed by atoms with Crippen LogP contribution in [0.1, 0.15) is 39.0 Å². The maximum absolute atomic E-state index is 13.2. The summed E-state index contributed by atoms with van der Waals surface area (Å²) in [5.74, 6) is -1.81. The Labute approximate surface area is 227 Å². The van der Waals surface area contributed by atoms with Crippen LogP contribution in [0.15, 0.2) is 64.3 Å².